The van der Waals surface area contributed by atoms with Crippen molar-refractivity contribution in [2.24, 2.45) is 0 Å². The number of rotatable bonds is 4. The normalized spacial score (nSPS) is 17.5. The van der Waals surface area contributed by atoms with Crippen LogP contribution in [0.25, 0.3) is 0 Å². The van der Waals surface area contributed by atoms with Crippen LogP contribution in [0, 0.1) is 11.3 Å². The van der Waals surface area contributed by atoms with Crippen molar-refractivity contribution in [3.8, 4) is 6.07 Å². The third-order valence-electron chi connectivity index (χ3n) is 5.40. The number of nitriles is 1. The molecule has 0 radical (unpaired) electrons. The summed E-state index contributed by atoms with van der Waals surface area (Å²) in [6, 6.07) is 7.40. The zero-order valence-electron chi connectivity index (χ0n) is 16.9. The van der Waals surface area contributed by atoms with E-state index in [0.717, 1.165) is 56.7 Å². The van der Waals surface area contributed by atoms with E-state index in [-0.39, 0.29) is 24.4 Å². The van der Waals surface area contributed by atoms with E-state index < -0.39 is 0 Å². The fourth-order valence-corrected chi connectivity index (χ4v) is 4.17. The summed E-state index contributed by atoms with van der Waals surface area (Å²) in [4.78, 5) is 23.2. The summed E-state index contributed by atoms with van der Waals surface area (Å²) in [6.07, 6.45) is 5.07. The van der Waals surface area contributed by atoms with Crippen LogP contribution in [0.5, 0.6) is 0 Å². The second-order valence-electron chi connectivity index (χ2n) is 7.72. The van der Waals surface area contributed by atoms with Gasteiger partial charge in [0.2, 0.25) is 11.9 Å². The topological polar surface area (TPSA) is 120 Å². The third kappa shape index (κ3) is 4.74. The molecule has 0 unspecified atom stereocenters. The van der Waals surface area contributed by atoms with Crippen molar-refractivity contribution < 1.29 is 4.79 Å². The Labute approximate surface area is 182 Å². The van der Waals surface area contributed by atoms with Gasteiger partial charge in [0.05, 0.1) is 17.3 Å². The number of nitrogens with two attached hydrogens (primary N) is 1. The van der Waals surface area contributed by atoms with E-state index in [1.807, 2.05) is 0 Å². The predicted octanol–water partition coefficient (Wildman–Crippen LogP) is 2.69. The number of fused-ring (bicyclic) bond motifs is 1. The first-order chi connectivity index (χ1) is 14.0. The molecule has 1 aromatic carbocycles. The van der Waals surface area contributed by atoms with Crippen molar-refractivity contribution in [2.75, 3.05) is 29.0 Å². The molecule has 1 atom stereocenters. The van der Waals surface area contributed by atoms with Crippen molar-refractivity contribution in [3.63, 3.8) is 0 Å². The molecule has 2 aliphatic rings. The van der Waals surface area contributed by atoms with Gasteiger partial charge in [0, 0.05) is 43.0 Å². The smallest absolute Gasteiger partial charge is 0.229 e. The van der Waals surface area contributed by atoms with Crippen LogP contribution in [-0.2, 0) is 17.6 Å². The Kier molecular flexibility index (Phi) is 6.63. The van der Waals surface area contributed by atoms with Crippen LogP contribution < -0.4 is 21.3 Å². The molecule has 2 aromatic rings. The van der Waals surface area contributed by atoms with Gasteiger partial charge in [0.25, 0.3) is 0 Å². The van der Waals surface area contributed by atoms with Gasteiger partial charge in [-0.3, -0.25) is 4.79 Å². The zero-order valence-corrected chi connectivity index (χ0v) is 17.8. The third-order valence-corrected chi connectivity index (χ3v) is 5.40. The van der Waals surface area contributed by atoms with Crippen molar-refractivity contribution >= 4 is 41.5 Å². The summed E-state index contributed by atoms with van der Waals surface area (Å²) < 4.78 is 0. The number of nitrogen functional groups attached to an aromatic ring is 1. The van der Waals surface area contributed by atoms with Crippen LogP contribution in [-0.4, -0.2) is 35.0 Å². The number of benzene rings is 1. The molecule has 1 aromatic heterocycles. The highest BCUT2D eigenvalue weighted by Gasteiger charge is 2.28. The summed E-state index contributed by atoms with van der Waals surface area (Å²) >= 11 is 0. The summed E-state index contributed by atoms with van der Waals surface area (Å²) in [7, 11) is 0. The first-order valence-electron chi connectivity index (χ1n) is 10.0. The molecule has 1 amide bonds. The molecule has 1 saturated heterocycles. The van der Waals surface area contributed by atoms with Gasteiger partial charge in [-0.15, -0.1) is 12.4 Å². The van der Waals surface area contributed by atoms with Gasteiger partial charge in [0.1, 0.15) is 5.82 Å². The maximum atomic E-state index is 11.4. The van der Waals surface area contributed by atoms with Crippen LogP contribution in [0.1, 0.15) is 43.0 Å². The van der Waals surface area contributed by atoms with Crippen LogP contribution in [0.3, 0.4) is 0 Å². The molecule has 1 aliphatic carbocycles. The lowest BCUT2D eigenvalue weighted by Gasteiger charge is -2.25. The van der Waals surface area contributed by atoms with Crippen molar-refractivity contribution in [1.82, 2.24) is 15.3 Å². The molecule has 0 bridgehead atoms. The molecule has 0 spiro atoms. The van der Waals surface area contributed by atoms with Crippen molar-refractivity contribution in [2.45, 2.75) is 45.1 Å². The maximum absolute atomic E-state index is 11.4. The van der Waals surface area contributed by atoms with Gasteiger partial charge in [-0.1, -0.05) is 0 Å². The number of halogens is 1. The molecule has 2 heterocycles. The van der Waals surface area contributed by atoms with Crippen LogP contribution in [0.4, 0.5) is 23.1 Å². The molecule has 8 nitrogen and oxygen atoms in total. The molecular weight excluding hydrogens is 402 g/mol. The maximum Gasteiger partial charge on any atom is 0.229 e. The van der Waals surface area contributed by atoms with E-state index in [2.05, 4.69) is 21.6 Å². The second kappa shape index (κ2) is 9.18. The van der Waals surface area contributed by atoms with Crippen LogP contribution in [0.15, 0.2) is 18.2 Å². The predicted molar refractivity (Wildman–Crippen MR) is 119 cm³/mol. The van der Waals surface area contributed by atoms with E-state index >= 15 is 0 Å². The van der Waals surface area contributed by atoms with Gasteiger partial charge in [-0.25, -0.2) is 4.98 Å². The fraction of sp³-hybridized carbons (Fsp3) is 0.429. The molecule has 1 aliphatic heterocycles. The van der Waals surface area contributed by atoms with Gasteiger partial charge in [-0.2, -0.15) is 10.2 Å². The number of anilines is 4. The lowest BCUT2D eigenvalue weighted by Crippen LogP contribution is -2.36. The molecule has 30 heavy (non-hydrogen) atoms. The molecule has 0 saturated carbocycles. The van der Waals surface area contributed by atoms with Gasteiger partial charge in [0.15, 0.2) is 0 Å². The SMILES string of the molecule is CC(=O)N[C@H]1CCN(c2nc(Nc3cc(N)cc(C#N)c3)nc3c2CCCC3)C1.Cl. The minimum Gasteiger partial charge on any atom is -0.399 e. The Balaban J connectivity index is 0.00000256. The average Bonchev–Trinajstić information content (AvgIpc) is 3.14. The number of carbonyl (C=O) groups is 1. The molecule has 4 N–H and O–H groups in total. The van der Waals surface area contributed by atoms with E-state index in [1.54, 1.807) is 25.1 Å². The van der Waals surface area contributed by atoms with Crippen LogP contribution >= 0.6 is 12.4 Å². The number of aryl methyl sites for hydroxylation is 1. The minimum atomic E-state index is -0.00103. The largest absolute Gasteiger partial charge is 0.399 e. The Morgan fingerprint density at radius 2 is 2.07 bits per heavy atom. The summed E-state index contributed by atoms with van der Waals surface area (Å²) in [5.41, 5.74) is 9.91. The highest BCUT2D eigenvalue weighted by molar-refractivity contribution is 5.85. The number of hydrogen-bond acceptors (Lipinski definition) is 7. The van der Waals surface area contributed by atoms with Gasteiger partial charge in [-0.05, 0) is 50.3 Å². The number of carbonyl (C=O) groups excluding carboxylic acids is 1. The van der Waals surface area contributed by atoms with Crippen molar-refractivity contribution in [3.05, 3.63) is 35.0 Å². The van der Waals surface area contributed by atoms with E-state index in [9.17, 15) is 10.1 Å². The van der Waals surface area contributed by atoms with E-state index in [0.29, 0.717) is 22.9 Å². The van der Waals surface area contributed by atoms with Crippen molar-refractivity contribution in [1.29, 1.82) is 5.26 Å². The molecule has 158 valence electrons. The summed E-state index contributed by atoms with van der Waals surface area (Å²) in [6.45, 7) is 3.16. The first-order valence-corrected chi connectivity index (χ1v) is 10.0. The Morgan fingerprint density at radius 3 is 2.83 bits per heavy atom. The van der Waals surface area contributed by atoms with E-state index in [1.165, 1.54) is 5.56 Å². The highest BCUT2D eigenvalue weighted by atomic mass is 35.5. The van der Waals surface area contributed by atoms with Crippen LogP contribution in [0.2, 0.25) is 0 Å². The monoisotopic (exact) mass is 427 g/mol. The average molecular weight is 428 g/mol. The highest BCUT2D eigenvalue weighted by Crippen LogP contribution is 2.32. The number of hydrogen-bond donors (Lipinski definition) is 3. The number of nitrogens with zero attached hydrogens (tertiary/aromatic N) is 4. The second-order valence-corrected chi connectivity index (χ2v) is 7.72. The quantitative estimate of drug-likeness (QED) is 0.641. The zero-order chi connectivity index (χ0) is 20.4. The Hall–Kier alpha value is -3.05. The lowest BCUT2D eigenvalue weighted by atomic mass is 9.96. The molecule has 1 fully saturated rings. The Bertz CT molecular complexity index is 988. The van der Waals surface area contributed by atoms with E-state index in [4.69, 9.17) is 15.7 Å². The number of nitrogens with one attached hydrogen (secondary N) is 2. The Morgan fingerprint density at radius 1 is 1.27 bits per heavy atom. The molecular formula is C21H26ClN7O. The lowest BCUT2D eigenvalue weighted by molar-refractivity contribution is -0.119. The van der Waals surface area contributed by atoms with Gasteiger partial charge < -0.3 is 21.3 Å². The fourth-order valence-electron chi connectivity index (χ4n) is 4.17. The standard InChI is InChI=1S/C21H25N7O.ClH/c1-13(29)24-16-6-7-28(12-16)20-18-4-2-3-5-19(18)26-21(27-20)25-17-9-14(11-22)8-15(23)10-17;/h8-10,16H,2-7,12,23H2,1H3,(H,24,29)(H,25,26,27);1H/t16-;/m0./s1. The number of aromatic nitrogens is 2. The minimum absolute atomic E-state index is 0. The molecule has 4 rings (SSSR count). The number of amides is 1. The van der Waals surface area contributed by atoms with Gasteiger partial charge >= 0.3 is 0 Å². The summed E-state index contributed by atoms with van der Waals surface area (Å²) in [5.74, 6) is 1.46. The molecule has 9 heteroatoms. The summed E-state index contributed by atoms with van der Waals surface area (Å²) in [5, 5.41) is 15.4. The first kappa shape index (κ1) is 21.7.